The fourth-order valence-electron chi connectivity index (χ4n) is 3.07. The van der Waals surface area contributed by atoms with Crippen molar-refractivity contribution in [3.05, 3.63) is 41.6 Å². The number of amides is 1. The van der Waals surface area contributed by atoms with E-state index in [0.717, 1.165) is 5.69 Å². The zero-order valence-corrected chi connectivity index (χ0v) is 14.5. The number of rotatable bonds is 3. The monoisotopic (exact) mass is 355 g/mol. The molecule has 1 fully saturated rings. The Morgan fingerprint density at radius 3 is 2.88 bits per heavy atom. The molecule has 4 rings (SSSR count). The van der Waals surface area contributed by atoms with Gasteiger partial charge in [0.25, 0.3) is 5.91 Å². The molecule has 1 saturated heterocycles. The number of fused-ring (bicyclic) bond motifs is 1. The van der Waals surface area contributed by atoms with Gasteiger partial charge in [-0.3, -0.25) is 4.79 Å². The molecule has 0 radical (unpaired) electrons. The summed E-state index contributed by atoms with van der Waals surface area (Å²) in [5.74, 6) is 1.25. The van der Waals surface area contributed by atoms with Crippen molar-refractivity contribution in [1.29, 1.82) is 0 Å². The standard InChI is InChI=1S/C17H18FN7O/c1-10-7-14(21-11(2)20-10)22-17(26)13-8-19-15-3-4-16(23-25(13)15)24-6-5-12(18)9-24/h3-4,7-8,12H,5-6,9H2,1-2H3,(H,20,21,22,26)/t12-/m0/s1. The molecule has 1 amide bonds. The van der Waals surface area contributed by atoms with E-state index in [1.165, 1.54) is 10.7 Å². The number of hydrogen-bond acceptors (Lipinski definition) is 6. The lowest BCUT2D eigenvalue weighted by Gasteiger charge is -2.16. The third kappa shape index (κ3) is 3.07. The molecule has 3 aromatic rings. The van der Waals surface area contributed by atoms with Gasteiger partial charge in [0.05, 0.1) is 12.7 Å². The minimum atomic E-state index is -0.845. The van der Waals surface area contributed by atoms with Gasteiger partial charge in [-0.2, -0.15) is 0 Å². The Hall–Kier alpha value is -3.10. The molecule has 3 aromatic heterocycles. The summed E-state index contributed by atoms with van der Waals surface area (Å²) in [4.78, 5) is 27.1. The summed E-state index contributed by atoms with van der Waals surface area (Å²) in [6.07, 6.45) is 1.11. The van der Waals surface area contributed by atoms with Gasteiger partial charge in [-0.25, -0.2) is 23.9 Å². The Balaban J connectivity index is 1.64. The predicted molar refractivity (Wildman–Crippen MR) is 94.2 cm³/mol. The molecule has 1 atom stereocenters. The van der Waals surface area contributed by atoms with E-state index in [4.69, 9.17) is 0 Å². The first kappa shape index (κ1) is 16.4. The Morgan fingerprint density at radius 2 is 2.15 bits per heavy atom. The summed E-state index contributed by atoms with van der Waals surface area (Å²) in [5, 5.41) is 7.22. The lowest BCUT2D eigenvalue weighted by molar-refractivity contribution is 0.102. The number of aryl methyl sites for hydroxylation is 2. The quantitative estimate of drug-likeness (QED) is 0.772. The first-order chi connectivity index (χ1) is 12.5. The number of alkyl halides is 1. The highest BCUT2D eigenvalue weighted by atomic mass is 19.1. The average Bonchev–Trinajstić information content (AvgIpc) is 3.19. The summed E-state index contributed by atoms with van der Waals surface area (Å²) >= 11 is 0. The summed E-state index contributed by atoms with van der Waals surface area (Å²) in [6, 6.07) is 5.25. The summed E-state index contributed by atoms with van der Waals surface area (Å²) < 4.78 is 14.9. The van der Waals surface area contributed by atoms with Crippen LogP contribution in [0.1, 0.15) is 28.4 Å². The number of imidazole rings is 1. The van der Waals surface area contributed by atoms with Gasteiger partial charge in [-0.1, -0.05) is 0 Å². The average molecular weight is 355 g/mol. The maximum atomic E-state index is 13.5. The van der Waals surface area contributed by atoms with Gasteiger partial charge >= 0.3 is 0 Å². The molecule has 1 aliphatic rings. The second kappa shape index (κ2) is 6.32. The van der Waals surface area contributed by atoms with E-state index >= 15 is 0 Å². The second-order valence-electron chi connectivity index (χ2n) is 6.33. The fourth-order valence-corrected chi connectivity index (χ4v) is 3.07. The summed E-state index contributed by atoms with van der Waals surface area (Å²) in [6.45, 7) is 4.52. The van der Waals surface area contributed by atoms with Gasteiger partial charge in [0, 0.05) is 18.3 Å². The Labute approximate surface area is 149 Å². The van der Waals surface area contributed by atoms with Crippen LogP contribution in [0.4, 0.5) is 16.0 Å². The van der Waals surface area contributed by atoms with E-state index in [1.54, 1.807) is 25.1 Å². The number of nitrogens with zero attached hydrogens (tertiary/aromatic N) is 6. The molecule has 0 aromatic carbocycles. The molecule has 134 valence electrons. The molecule has 1 aliphatic heterocycles. The lowest BCUT2D eigenvalue weighted by atomic mass is 10.3. The fraction of sp³-hybridized carbons (Fsp3) is 0.353. The van der Waals surface area contributed by atoms with Crippen molar-refractivity contribution in [2.45, 2.75) is 26.4 Å². The van der Waals surface area contributed by atoms with Crippen molar-refractivity contribution >= 4 is 23.2 Å². The van der Waals surface area contributed by atoms with Crippen LogP contribution in [-0.4, -0.2) is 49.7 Å². The molecular weight excluding hydrogens is 337 g/mol. The van der Waals surface area contributed by atoms with Crippen LogP contribution in [0.25, 0.3) is 5.65 Å². The van der Waals surface area contributed by atoms with Crippen molar-refractivity contribution in [1.82, 2.24) is 24.6 Å². The van der Waals surface area contributed by atoms with E-state index < -0.39 is 6.17 Å². The molecule has 9 heteroatoms. The number of carbonyl (C=O) groups excluding carboxylic acids is 1. The SMILES string of the molecule is Cc1cc(NC(=O)c2cnc3ccc(N4CC[C@H](F)C4)nn23)nc(C)n1. The van der Waals surface area contributed by atoms with E-state index in [9.17, 15) is 9.18 Å². The van der Waals surface area contributed by atoms with Crippen molar-refractivity contribution < 1.29 is 9.18 Å². The van der Waals surface area contributed by atoms with Gasteiger partial charge in [-0.05, 0) is 32.4 Å². The number of carbonyl (C=O) groups is 1. The normalized spacial score (nSPS) is 17.0. The van der Waals surface area contributed by atoms with Crippen molar-refractivity contribution in [2.24, 2.45) is 0 Å². The molecule has 0 unspecified atom stereocenters. The molecule has 1 N–H and O–H groups in total. The summed E-state index contributed by atoms with van der Waals surface area (Å²) in [7, 11) is 0. The van der Waals surface area contributed by atoms with Gasteiger partial charge < -0.3 is 10.2 Å². The van der Waals surface area contributed by atoms with Crippen LogP contribution in [-0.2, 0) is 0 Å². The van der Waals surface area contributed by atoms with Gasteiger partial charge in [0.1, 0.15) is 23.6 Å². The number of nitrogens with one attached hydrogen (secondary N) is 1. The smallest absolute Gasteiger partial charge is 0.277 e. The highest BCUT2D eigenvalue weighted by molar-refractivity contribution is 6.02. The van der Waals surface area contributed by atoms with Crippen LogP contribution in [0.15, 0.2) is 24.4 Å². The summed E-state index contributed by atoms with van der Waals surface area (Å²) in [5.41, 5.74) is 1.60. The third-order valence-electron chi connectivity index (χ3n) is 4.24. The first-order valence-electron chi connectivity index (χ1n) is 8.37. The molecule has 4 heterocycles. The lowest BCUT2D eigenvalue weighted by Crippen LogP contribution is -2.23. The second-order valence-corrected chi connectivity index (χ2v) is 6.33. The molecular formula is C17H18FN7O. The highest BCUT2D eigenvalue weighted by Gasteiger charge is 2.24. The van der Waals surface area contributed by atoms with Crippen LogP contribution in [0, 0.1) is 13.8 Å². The van der Waals surface area contributed by atoms with Gasteiger partial charge in [0.15, 0.2) is 11.3 Å². The Morgan fingerprint density at radius 1 is 1.31 bits per heavy atom. The van der Waals surface area contributed by atoms with Crippen LogP contribution in [0.2, 0.25) is 0 Å². The molecule has 0 aliphatic carbocycles. The molecule has 0 bridgehead atoms. The minimum Gasteiger partial charge on any atom is -0.352 e. The number of aromatic nitrogens is 5. The van der Waals surface area contributed by atoms with E-state index in [0.29, 0.717) is 42.6 Å². The molecule has 0 saturated carbocycles. The minimum absolute atomic E-state index is 0.284. The van der Waals surface area contributed by atoms with E-state index in [2.05, 4.69) is 25.4 Å². The van der Waals surface area contributed by atoms with Gasteiger partial charge in [0.2, 0.25) is 0 Å². The molecule has 26 heavy (non-hydrogen) atoms. The van der Waals surface area contributed by atoms with Gasteiger partial charge in [-0.15, -0.1) is 5.10 Å². The van der Waals surface area contributed by atoms with Crippen LogP contribution >= 0.6 is 0 Å². The largest absolute Gasteiger partial charge is 0.352 e. The van der Waals surface area contributed by atoms with Crippen LogP contribution in [0.5, 0.6) is 0 Å². The number of halogens is 1. The third-order valence-corrected chi connectivity index (χ3v) is 4.24. The van der Waals surface area contributed by atoms with E-state index in [-0.39, 0.29) is 11.6 Å². The molecule has 8 nitrogen and oxygen atoms in total. The van der Waals surface area contributed by atoms with Crippen molar-refractivity contribution in [3.8, 4) is 0 Å². The maximum Gasteiger partial charge on any atom is 0.277 e. The van der Waals surface area contributed by atoms with Crippen molar-refractivity contribution in [3.63, 3.8) is 0 Å². The Bertz CT molecular complexity index is 966. The topological polar surface area (TPSA) is 88.3 Å². The zero-order chi connectivity index (χ0) is 18.3. The number of anilines is 2. The first-order valence-corrected chi connectivity index (χ1v) is 8.37. The highest BCUT2D eigenvalue weighted by Crippen LogP contribution is 2.20. The zero-order valence-electron chi connectivity index (χ0n) is 14.5. The number of hydrogen-bond donors (Lipinski definition) is 1. The van der Waals surface area contributed by atoms with Crippen LogP contribution < -0.4 is 10.2 Å². The predicted octanol–water partition coefficient (Wildman–Crippen LogP) is 1.94. The van der Waals surface area contributed by atoms with E-state index in [1.807, 2.05) is 11.8 Å². The molecule has 0 spiro atoms. The van der Waals surface area contributed by atoms with Crippen molar-refractivity contribution in [2.75, 3.05) is 23.3 Å². The van der Waals surface area contributed by atoms with Crippen LogP contribution in [0.3, 0.4) is 0 Å². The maximum absolute atomic E-state index is 13.5. The Kier molecular flexibility index (Phi) is 3.98.